The van der Waals surface area contributed by atoms with Gasteiger partial charge in [0.15, 0.2) is 5.82 Å². The molecule has 1 heterocycles. The van der Waals surface area contributed by atoms with Crippen LogP contribution in [0.25, 0.3) is 10.8 Å². The minimum Gasteiger partial charge on any atom is -0.305 e. The Morgan fingerprint density at radius 3 is 2.76 bits per heavy atom. The maximum atomic E-state index is 12.3. The van der Waals surface area contributed by atoms with Crippen LogP contribution in [0.3, 0.4) is 0 Å². The Hall–Kier alpha value is -2.62. The van der Waals surface area contributed by atoms with Gasteiger partial charge in [0.2, 0.25) is 0 Å². The molecule has 0 aliphatic heterocycles. The van der Waals surface area contributed by atoms with Crippen LogP contribution in [0.4, 0.5) is 5.82 Å². The fraction of sp³-hybridized carbons (Fsp3) is 0.176. The average molecular weight is 279 g/mol. The molecule has 0 saturated heterocycles. The zero-order chi connectivity index (χ0) is 14.7. The SMILES string of the molecule is CCCc1cc(NC(=O)c2ccc3ccccc3c2)n[nH]1. The molecule has 0 bridgehead atoms. The molecule has 0 aliphatic rings. The van der Waals surface area contributed by atoms with E-state index in [0.717, 1.165) is 29.3 Å². The lowest BCUT2D eigenvalue weighted by Crippen LogP contribution is -2.12. The summed E-state index contributed by atoms with van der Waals surface area (Å²) in [5.41, 5.74) is 1.67. The monoisotopic (exact) mass is 279 g/mol. The molecule has 106 valence electrons. The summed E-state index contributed by atoms with van der Waals surface area (Å²) >= 11 is 0. The topological polar surface area (TPSA) is 57.8 Å². The molecule has 0 unspecified atom stereocenters. The minimum absolute atomic E-state index is 0.143. The highest BCUT2D eigenvalue weighted by atomic mass is 16.1. The number of aryl methyl sites for hydroxylation is 1. The molecule has 0 radical (unpaired) electrons. The number of H-pyrrole nitrogens is 1. The van der Waals surface area contributed by atoms with Gasteiger partial charge >= 0.3 is 0 Å². The normalized spacial score (nSPS) is 10.7. The fourth-order valence-electron chi connectivity index (χ4n) is 2.34. The first-order valence-corrected chi connectivity index (χ1v) is 7.10. The van der Waals surface area contributed by atoms with Crippen molar-refractivity contribution in [2.75, 3.05) is 5.32 Å². The van der Waals surface area contributed by atoms with E-state index in [1.165, 1.54) is 0 Å². The molecular weight excluding hydrogens is 262 g/mol. The smallest absolute Gasteiger partial charge is 0.256 e. The van der Waals surface area contributed by atoms with Gasteiger partial charge in [-0.1, -0.05) is 43.7 Å². The molecule has 2 N–H and O–H groups in total. The number of fused-ring (bicyclic) bond motifs is 1. The number of nitrogens with zero attached hydrogens (tertiary/aromatic N) is 1. The lowest BCUT2D eigenvalue weighted by molar-refractivity contribution is 0.102. The van der Waals surface area contributed by atoms with E-state index >= 15 is 0 Å². The van der Waals surface area contributed by atoms with Crippen LogP contribution in [0.5, 0.6) is 0 Å². The van der Waals surface area contributed by atoms with Gasteiger partial charge in [-0.2, -0.15) is 5.10 Å². The van der Waals surface area contributed by atoms with Crippen LogP contribution in [-0.4, -0.2) is 16.1 Å². The van der Waals surface area contributed by atoms with Crippen LogP contribution in [0.1, 0.15) is 29.4 Å². The van der Waals surface area contributed by atoms with Crippen LogP contribution < -0.4 is 5.32 Å². The summed E-state index contributed by atoms with van der Waals surface area (Å²) in [6, 6.07) is 15.5. The van der Waals surface area contributed by atoms with Gasteiger partial charge in [-0.15, -0.1) is 0 Å². The first-order chi connectivity index (χ1) is 10.3. The lowest BCUT2D eigenvalue weighted by Gasteiger charge is -2.03. The molecule has 0 saturated carbocycles. The second-order valence-electron chi connectivity index (χ2n) is 5.04. The molecule has 3 aromatic rings. The molecule has 0 aliphatic carbocycles. The Balaban J connectivity index is 1.79. The highest BCUT2D eigenvalue weighted by Gasteiger charge is 2.09. The summed E-state index contributed by atoms with van der Waals surface area (Å²) in [4.78, 5) is 12.3. The van der Waals surface area contributed by atoms with Crippen molar-refractivity contribution in [1.29, 1.82) is 0 Å². The van der Waals surface area contributed by atoms with Crippen LogP contribution in [0.2, 0.25) is 0 Å². The lowest BCUT2D eigenvalue weighted by atomic mass is 10.1. The number of rotatable bonds is 4. The van der Waals surface area contributed by atoms with Gasteiger partial charge < -0.3 is 5.32 Å². The van der Waals surface area contributed by atoms with E-state index in [-0.39, 0.29) is 5.91 Å². The number of aromatic nitrogens is 2. The molecule has 1 amide bonds. The van der Waals surface area contributed by atoms with Crippen LogP contribution in [-0.2, 0) is 6.42 Å². The number of benzene rings is 2. The van der Waals surface area contributed by atoms with Gasteiger partial charge in [0.1, 0.15) is 0 Å². The van der Waals surface area contributed by atoms with Crippen molar-refractivity contribution in [2.45, 2.75) is 19.8 Å². The van der Waals surface area contributed by atoms with E-state index in [2.05, 4.69) is 22.4 Å². The average Bonchev–Trinajstić information content (AvgIpc) is 2.94. The zero-order valence-electron chi connectivity index (χ0n) is 11.9. The number of amides is 1. The quantitative estimate of drug-likeness (QED) is 0.763. The van der Waals surface area contributed by atoms with E-state index in [4.69, 9.17) is 0 Å². The molecule has 0 atom stereocenters. The maximum Gasteiger partial charge on any atom is 0.256 e. The van der Waals surface area contributed by atoms with Gasteiger partial charge in [-0.3, -0.25) is 9.89 Å². The molecule has 0 fully saturated rings. The zero-order valence-corrected chi connectivity index (χ0v) is 11.9. The second kappa shape index (κ2) is 5.79. The Bertz CT molecular complexity index is 776. The highest BCUT2D eigenvalue weighted by molar-refractivity contribution is 6.06. The maximum absolute atomic E-state index is 12.3. The van der Waals surface area contributed by atoms with Crippen LogP contribution >= 0.6 is 0 Å². The minimum atomic E-state index is -0.143. The molecule has 2 aromatic carbocycles. The van der Waals surface area contributed by atoms with Gasteiger partial charge in [-0.25, -0.2) is 0 Å². The van der Waals surface area contributed by atoms with E-state index in [1.807, 2.05) is 48.5 Å². The van der Waals surface area contributed by atoms with Crippen molar-refractivity contribution < 1.29 is 4.79 Å². The van der Waals surface area contributed by atoms with E-state index < -0.39 is 0 Å². The number of hydrogen-bond acceptors (Lipinski definition) is 2. The third-order valence-electron chi connectivity index (χ3n) is 3.40. The summed E-state index contributed by atoms with van der Waals surface area (Å²) < 4.78 is 0. The van der Waals surface area contributed by atoms with Gasteiger partial charge in [0, 0.05) is 17.3 Å². The van der Waals surface area contributed by atoms with Crippen molar-refractivity contribution in [3.05, 3.63) is 59.8 Å². The van der Waals surface area contributed by atoms with Gasteiger partial charge in [0.25, 0.3) is 5.91 Å². The predicted octanol–water partition coefficient (Wildman–Crippen LogP) is 3.77. The van der Waals surface area contributed by atoms with Gasteiger partial charge in [-0.05, 0) is 29.3 Å². The third-order valence-corrected chi connectivity index (χ3v) is 3.40. The summed E-state index contributed by atoms with van der Waals surface area (Å²) in [5, 5.41) is 12.0. The summed E-state index contributed by atoms with van der Waals surface area (Å²) in [6.07, 6.45) is 1.97. The first kappa shape index (κ1) is 13.4. The van der Waals surface area contributed by atoms with Crippen molar-refractivity contribution in [3.8, 4) is 0 Å². The van der Waals surface area contributed by atoms with E-state index in [0.29, 0.717) is 11.4 Å². The highest BCUT2D eigenvalue weighted by Crippen LogP contribution is 2.17. The summed E-state index contributed by atoms with van der Waals surface area (Å²) in [6.45, 7) is 2.11. The molecule has 4 heteroatoms. The summed E-state index contributed by atoms with van der Waals surface area (Å²) in [7, 11) is 0. The largest absolute Gasteiger partial charge is 0.305 e. The number of carbonyl (C=O) groups is 1. The Kier molecular flexibility index (Phi) is 3.69. The van der Waals surface area contributed by atoms with Crippen molar-refractivity contribution in [1.82, 2.24) is 10.2 Å². The Morgan fingerprint density at radius 2 is 1.95 bits per heavy atom. The number of hydrogen-bond donors (Lipinski definition) is 2. The molecule has 4 nitrogen and oxygen atoms in total. The van der Waals surface area contributed by atoms with Crippen molar-refractivity contribution in [2.24, 2.45) is 0 Å². The van der Waals surface area contributed by atoms with Gasteiger partial charge in [0.05, 0.1) is 0 Å². The molecule has 1 aromatic heterocycles. The third kappa shape index (κ3) is 2.94. The van der Waals surface area contributed by atoms with E-state index in [9.17, 15) is 4.79 Å². The number of carbonyl (C=O) groups excluding carboxylic acids is 1. The number of aromatic amines is 1. The first-order valence-electron chi connectivity index (χ1n) is 7.10. The molecule has 3 rings (SSSR count). The number of nitrogens with one attached hydrogen (secondary N) is 2. The van der Waals surface area contributed by atoms with Crippen molar-refractivity contribution >= 4 is 22.5 Å². The second-order valence-corrected chi connectivity index (χ2v) is 5.04. The Labute approximate surface area is 123 Å². The predicted molar refractivity (Wildman–Crippen MR) is 84.5 cm³/mol. The van der Waals surface area contributed by atoms with E-state index in [1.54, 1.807) is 0 Å². The van der Waals surface area contributed by atoms with Crippen molar-refractivity contribution in [3.63, 3.8) is 0 Å². The fourth-order valence-corrected chi connectivity index (χ4v) is 2.34. The standard InChI is InChI=1S/C17H17N3O/c1-2-5-15-11-16(20-19-15)18-17(21)14-9-8-12-6-3-4-7-13(12)10-14/h3-4,6-11H,2,5H2,1H3,(H2,18,19,20,21). The van der Waals surface area contributed by atoms with Crippen LogP contribution in [0, 0.1) is 0 Å². The Morgan fingerprint density at radius 1 is 1.14 bits per heavy atom. The number of anilines is 1. The summed E-state index contributed by atoms with van der Waals surface area (Å²) in [5.74, 6) is 0.423. The molecular formula is C17H17N3O. The molecule has 0 spiro atoms. The van der Waals surface area contributed by atoms with Crippen LogP contribution in [0.15, 0.2) is 48.5 Å². The molecule has 21 heavy (non-hydrogen) atoms.